The van der Waals surface area contributed by atoms with Crippen LogP contribution in [0.25, 0.3) is 0 Å². The summed E-state index contributed by atoms with van der Waals surface area (Å²) < 4.78 is 26.3. The van der Waals surface area contributed by atoms with Gasteiger partial charge < -0.3 is 23.7 Å². The topological polar surface area (TPSA) is 63.2 Å². The first-order valence-electron chi connectivity index (χ1n) is 6.90. The van der Waals surface area contributed by atoms with Crippen molar-refractivity contribution in [2.24, 2.45) is 5.92 Å². The van der Waals surface area contributed by atoms with E-state index in [1.54, 1.807) is 6.07 Å². The van der Waals surface area contributed by atoms with Gasteiger partial charge in [-0.25, -0.2) is 0 Å². The Kier molecular flexibility index (Phi) is 5.88. The predicted molar refractivity (Wildman–Crippen MR) is 80.1 cm³/mol. The summed E-state index contributed by atoms with van der Waals surface area (Å²) in [5.41, 5.74) is 0.338. The minimum atomic E-state index is -0.209. The summed E-state index contributed by atoms with van der Waals surface area (Å²) in [4.78, 5) is 12.6. The molecule has 0 saturated heterocycles. The highest BCUT2D eigenvalue weighted by atomic mass is 35.5. The highest BCUT2D eigenvalue weighted by molar-refractivity contribution is 6.34. The van der Waals surface area contributed by atoms with Gasteiger partial charge in [-0.15, -0.1) is 0 Å². The summed E-state index contributed by atoms with van der Waals surface area (Å²) in [7, 11) is 2.99. The molecular weight excluding hydrogens is 312 g/mol. The lowest BCUT2D eigenvalue weighted by atomic mass is 9.92. The SMILES string of the molecule is CCC1COc2cc(OCOC)c(Cl)c(OCOC)c2C1=O. The van der Waals surface area contributed by atoms with Gasteiger partial charge in [0.15, 0.2) is 25.1 Å². The molecule has 2 rings (SSSR count). The van der Waals surface area contributed by atoms with Gasteiger partial charge in [-0.05, 0) is 6.42 Å². The van der Waals surface area contributed by atoms with Gasteiger partial charge in [0.05, 0.1) is 12.5 Å². The largest absolute Gasteiger partial charge is 0.492 e. The number of rotatable bonds is 7. The number of ether oxygens (including phenoxy) is 5. The molecule has 0 radical (unpaired) electrons. The Bertz CT molecular complexity index is 545. The number of carbonyl (C=O) groups is 1. The summed E-state index contributed by atoms with van der Waals surface area (Å²) in [6.07, 6.45) is 0.682. The first-order chi connectivity index (χ1) is 10.6. The molecule has 122 valence electrons. The molecule has 6 nitrogen and oxygen atoms in total. The summed E-state index contributed by atoms with van der Waals surface area (Å²) in [5.74, 6) is 0.692. The maximum Gasteiger partial charge on any atom is 0.188 e. The van der Waals surface area contributed by atoms with Gasteiger partial charge in [0.2, 0.25) is 0 Å². The lowest BCUT2D eigenvalue weighted by Crippen LogP contribution is -2.28. The first kappa shape index (κ1) is 16.9. The molecule has 1 heterocycles. The summed E-state index contributed by atoms with van der Waals surface area (Å²) in [6.45, 7) is 2.25. The zero-order valence-electron chi connectivity index (χ0n) is 12.8. The molecule has 0 bridgehead atoms. The number of carbonyl (C=O) groups excluding carboxylic acids is 1. The molecule has 0 amide bonds. The zero-order valence-corrected chi connectivity index (χ0v) is 13.6. The van der Waals surface area contributed by atoms with E-state index >= 15 is 0 Å². The van der Waals surface area contributed by atoms with E-state index in [2.05, 4.69) is 0 Å². The Hall–Kier alpha value is -1.50. The van der Waals surface area contributed by atoms with E-state index in [9.17, 15) is 4.79 Å². The van der Waals surface area contributed by atoms with Crippen LogP contribution in [-0.2, 0) is 9.47 Å². The molecule has 0 spiro atoms. The van der Waals surface area contributed by atoms with Crippen molar-refractivity contribution in [3.63, 3.8) is 0 Å². The number of hydrogen-bond donors (Lipinski definition) is 0. The number of Topliss-reactive ketones (excluding diaryl/α,β-unsaturated/α-hetero) is 1. The van der Waals surface area contributed by atoms with Gasteiger partial charge in [-0.1, -0.05) is 18.5 Å². The smallest absolute Gasteiger partial charge is 0.188 e. The van der Waals surface area contributed by atoms with Gasteiger partial charge in [0.1, 0.15) is 22.1 Å². The third-order valence-corrected chi connectivity index (χ3v) is 3.71. The van der Waals surface area contributed by atoms with Crippen molar-refractivity contribution in [2.75, 3.05) is 34.4 Å². The number of methoxy groups -OCH3 is 2. The highest BCUT2D eigenvalue weighted by Crippen LogP contribution is 2.45. The summed E-state index contributed by atoms with van der Waals surface area (Å²) in [6, 6.07) is 1.58. The van der Waals surface area contributed by atoms with Crippen LogP contribution in [0.5, 0.6) is 17.2 Å². The van der Waals surface area contributed by atoms with Crippen molar-refractivity contribution >= 4 is 17.4 Å². The normalized spacial score (nSPS) is 16.9. The molecule has 1 aliphatic heterocycles. The monoisotopic (exact) mass is 330 g/mol. The predicted octanol–water partition coefficient (Wildman–Crippen LogP) is 2.91. The van der Waals surface area contributed by atoms with Crippen LogP contribution in [0.2, 0.25) is 5.02 Å². The number of ketones is 1. The molecule has 0 aromatic heterocycles. The number of fused-ring (bicyclic) bond motifs is 1. The van der Waals surface area contributed by atoms with E-state index in [0.29, 0.717) is 30.1 Å². The van der Waals surface area contributed by atoms with Crippen LogP contribution >= 0.6 is 11.6 Å². The van der Waals surface area contributed by atoms with E-state index < -0.39 is 0 Å². The van der Waals surface area contributed by atoms with Crippen molar-refractivity contribution in [3.8, 4) is 17.2 Å². The molecule has 0 saturated carbocycles. The lowest BCUT2D eigenvalue weighted by molar-refractivity contribution is 0.0442. The molecule has 0 N–H and O–H groups in total. The van der Waals surface area contributed by atoms with E-state index in [-0.39, 0.29) is 36.1 Å². The zero-order chi connectivity index (χ0) is 16.1. The maximum absolute atomic E-state index is 12.6. The first-order valence-corrected chi connectivity index (χ1v) is 7.28. The van der Waals surface area contributed by atoms with Gasteiger partial charge in [0, 0.05) is 20.3 Å². The second-order valence-electron chi connectivity index (χ2n) is 4.77. The average Bonchev–Trinajstić information content (AvgIpc) is 2.53. The molecular formula is C15H19ClO6. The standard InChI is InChI=1S/C15H19ClO6/c1-4-9-6-20-10-5-11(21-7-18-2)13(16)15(22-8-19-3)12(10)14(9)17/h5,9H,4,6-8H2,1-3H3. The van der Waals surface area contributed by atoms with Crippen LogP contribution < -0.4 is 14.2 Å². The fourth-order valence-electron chi connectivity index (χ4n) is 2.19. The van der Waals surface area contributed by atoms with Gasteiger partial charge in [-0.3, -0.25) is 4.79 Å². The van der Waals surface area contributed by atoms with E-state index in [1.807, 2.05) is 6.92 Å². The van der Waals surface area contributed by atoms with Gasteiger partial charge in [0.25, 0.3) is 0 Å². The molecule has 1 atom stereocenters. The fraction of sp³-hybridized carbons (Fsp3) is 0.533. The molecule has 22 heavy (non-hydrogen) atoms. The van der Waals surface area contributed by atoms with Crippen LogP contribution in [-0.4, -0.2) is 40.2 Å². The van der Waals surface area contributed by atoms with Crippen LogP contribution in [0.1, 0.15) is 23.7 Å². The molecule has 1 aliphatic rings. The fourth-order valence-corrected chi connectivity index (χ4v) is 2.45. The van der Waals surface area contributed by atoms with Gasteiger partial charge >= 0.3 is 0 Å². The lowest BCUT2D eigenvalue weighted by Gasteiger charge is -2.26. The van der Waals surface area contributed by atoms with Crippen LogP contribution in [0, 0.1) is 5.92 Å². The Morgan fingerprint density at radius 3 is 2.59 bits per heavy atom. The third kappa shape index (κ3) is 3.29. The van der Waals surface area contributed by atoms with Crippen LogP contribution in [0.4, 0.5) is 0 Å². The summed E-state index contributed by atoms with van der Waals surface area (Å²) >= 11 is 6.30. The Balaban J connectivity index is 2.48. The molecule has 1 aromatic rings. The second kappa shape index (κ2) is 7.67. The van der Waals surface area contributed by atoms with E-state index in [1.165, 1.54) is 14.2 Å². The minimum absolute atomic E-state index is 0.0216. The minimum Gasteiger partial charge on any atom is -0.492 e. The van der Waals surface area contributed by atoms with Gasteiger partial charge in [-0.2, -0.15) is 0 Å². The Morgan fingerprint density at radius 2 is 1.95 bits per heavy atom. The summed E-state index contributed by atoms with van der Waals surface area (Å²) in [5, 5.41) is 0.196. The molecule has 0 fully saturated rings. The van der Waals surface area contributed by atoms with Crippen molar-refractivity contribution in [1.82, 2.24) is 0 Å². The molecule has 0 aliphatic carbocycles. The Labute approximate surface area is 134 Å². The highest BCUT2D eigenvalue weighted by Gasteiger charge is 2.33. The number of halogens is 1. The van der Waals surface area contributed by atoms with E-state index in [0.717, 1.165) is 0 Å². The Morgan fingerprint density at radius 1 is 1.27 bits per heavy atom. The quantitative estimate of drug-likeness (QED) is 0.716. The molecule has 1 aromatic carbocycles. The second-order valence-corrected chi connectivity index (χ2v) is 5.15. The number of hydrogen-bond acceptors (Lipinski definition) is 6. The maximum atomic E-state index is 12.6. The molecule has 1 unspecified atom stereocenters. The van der Waals surface area contributed by atoms with E-state index in [4.69, 9.17) is 35.3 Å². The van der Waals surface area contributed by atoms with Crippen molar-refractivity contribution < 1.29 is 28.5 Å². The molecule has 7 heteroatoms. The number of benzene rings is 1. The van der Waals surface area contributed by atoms with Crippen LogP contribution in [0.3, 0.4) is 0 Å². The van der Waals surface area contributed by atoms with Crippen molar-refractivity contribution in [1.29, 1.82) is 0 Å². The third-order valence-electron chi connectivity index (χ3n) is 3.35. The average molecular weight is 331 g/mol. The van der Waals surface area contributed by atoms with Crippen LogP contribution in [0.15, 0.2) is 6.07 Å². The van der Waals surface area contributed by atoms with Crippen molar-refractivity contribution in [3.05, 3.63) is 16.7 Å². The van der Waals surface area contributed by atoms with Crippen molar-refractivity contribution in [2.45, 2.75) is 13.3 Å².